The zero-order valence-corrected chi connectivity index (χ0v) is 9.38. The molecule has 0 aliphatic heterocycles. The van der Waals surface area contributed by atoms with E-state index in [0.29, 0.717) is 0 Å². The van der Waals surface area contributed by atoms with Gasteiger partial charge >= 0.3 is 0 Å². The minimum atomic E-state index is -0.625. The fraction of sp³-hybridized carbons (Fsp3) is 0.133. The second kappa shape index (κ2) is 4.15. The summed E-state index contributed by atoms with van der Waals surface area (Å²) in [6, 6.07) is 9.96. The lowest BCUT2D eigenvalue weighted by Gasteiger charge is -2.12. The van der Waals surface area contributed by atoms with E-state index in [0.717, 1.165) is 28.5 Å². The number of rotatable bonds is 2. The molecule has 0 amide bonds. The highest BCUT2D eigenvalue weighted by Crippen LogP contribution is 2.29. The third-order valence-corrected chi connectivity index (χ3v) is 3.08. The van der Waals surface area contributed by atoms with Crippen molar-refractivity contribution < 1.29 is 5.11 Å². The summed E-state index contributed by atoms with van der Waals surface area (Å²) in [5.41, 5.74) is 1.68. The molecule has 1 aliphatic carbocycles. The summed E-state index contributed by atoms with van der Waals surface area (Å²) in [6.45, 7) is 0. The van der Waals surface area contributed by atoms with Crippen LogP contribution in [0.1, 0.15) is 18.2 Å². The van der Waals surface area contributed by atoms with Crippen LogP contribution in [0.2, 0.25) is 0 Å². The number of allylic oxidation sites excluding steroid dienone is 2. The average molecular weight is 223 g/mol. The Kier molecular flexibility index (Phi) is 2.50. The molecule has 3 rings (SSSR count). The molecule has 2 heteroatoms. The van der Waals surface area contributed by atoms with Gasteiger partial charge in [-0.05, 0) is 23.4 Å². The van der Waals surface area contributed by atoms with E-state index in [1.807, 2.05) is 48.6 Å². The molecule has 2 aromatic rings. The Labute approximate surface area is 99.9 Å². The van der Waals surface area contributed by atoms with Crippen molar-refractivity contribution >= 4 is 10.8 Å². The van der Waals surface area contributed by atoms with Crippen LogP contribution in [0.4, 0.5) is 0 Å². The summed E-state index contributed by atoms with van der Waals surface area (Å²) in [6.07, 6.45) is 8.07. The highest BCUT2D eigenvalue weighted by molar-refractivity contribution is 5.84. The van der Waals surface area contributed by atoms with Gasteiger partial charge in [0.25, 0.3) is 0 Å². The summed E-state index contributed by atoms with van der Waals surface area (Å²) in [7, 11) is 0. The molecule has 84 valence electrons. The number of hydrogen-bond donors (Lipinski definition) is 1. The number of nitrogens with zero attached hydrogens (tertiary/aromatic N) is 1. The van der Waals surface area contributed by atoms with Crippen LogP contribution in [0.3, 0.4) is 0 Å². The Hall–Kier alpha value is -1.93. The smallest absolute Gasteiger partial charge is 0.121 e. The van der Waals surface area contributed by atoms with Gasteiger partial charge in [0, 0.05) is 11.6 Å². The molecule has 1 N–H and O–H groups in total. The predicted molar refractivity (Wildman–Crippen MR) is 68.5 cm³/mol. The summed E-state index contributed by atoms with van der Waals surface area (Å²) in [5.74, 6) is 0. The van der Waals surface area contributed by atoms with Crippen LogP contribution < -0.4 is 0 Å². The van der Waals surface area contributed by atoms with E-state index in [-0.39, 0.29) is 0 Å². The first-order valence-corrected chi connectivity index (χ1v) is 5.74. The Balaban J connectivity index is 2.14. The van der Waals surface area contributed by atoms with E-state index < -0.39 is 6.10 Å². The van der Waals surface area contributed by atoms with Crippen LogP contribution in [0.5, 0.6) is 0 Å². The first-order valence-electron chi connectivity index (χ1n) is 5.74. The van der Waals surface area contributed by atoms with E-state index in [2.05, 4.69) is 4.98 Å². The number of aliphatic hydroxyl groups is 1. The van der Waals surface area contributed by atoms with Crippen molar-refractivity contribution in [1.82, 2.24) is 4.98 Å². The van der Waals surface area contributed by atoms with Gasteiger partial charge in [-0.1, -0.05) is 42.5 Å². The Morgan fingerprint density at radius 1 is 1.18 bits per heavy atom. The molecule has 1 aliphatic rings. The van der Waals surface area contributed by atoms with Crippen LogP contribution >= 0.6 is 0 Å². The largest absolute Gasteiger partial charge is 0.382 e. The lowest BCUT2D eigenvalue weighted by Crippen LogP contribution is -2.02. The highest BCUT2D eigenvalue weighted by Gasteiger charge is 2.16. The summed E-state index contributed by atoms with van der Waals surface area (Å²) < 4.78 is 0. The standard InChI is InChI=1S/C15H13NO/c17-15(12-6-1-2-7-12)14-13-8-4-3-5-11(13)9-10-16-14/h1,3-10,15,17H,2H2. The molecule has 0 fully saturated rings. The minimum Gasteiger partial charge on any atom is -0.382 e. The van der Waals surface area contributed by atoms with Crippen molar-refractivity contribution in [1.29, 1.82) is 0 Å². The van der Waals surface area contributed by atoms with E-state index in [1.54, 1.807) is 6.20 Å². The molecule has 1 aromatic carbocycles. The van der Waals surface area contributed by atoms with Gasteiger partial charge < -0.3 is 5.11 Å². The predicted octanol–water partition coefficient (Wildman–Crippen LogP) is 3.15. The van der Waals surface area contributed by atoms with Crippen LogP contribution in [0.25, 0.3) is 10.8 Å². The monoisotopic (exact) mass is 223 g/mol. The molecular formula is C15H13NO. The second-order valence-electron chi connectivity index (χ2n) is 4.16. The second-order valence-corrected chi connectivity index (χ2v) is 4.16. The first-order chi connectivity index (χ1) is 8.36. The van der Waals surface area contributed by atoms with E-state index in [1.165, 1.54) is 0 Å². The fourth-order valence-electron chi connectivity index (χ4n) is 2.20. The number of pyridine rings is 1. The third-order valence-electron chi connectivity index (χ3n) is 3.08. The number of hydrogen-bond acceptors (Lipinski definition) is 2. The SMILES string of the molecule is OC(C1=CCC=C1)c1nccc2ccccc12. The molecule has 0 saturated carbocycles. The lowest BCUT2D eigenvalue weighted by molar-refractivity contribution is 0.216. The van der Waals surface area contributed by atoms with Crippen LogP contribution in [-0.2, 0) is 0 Å². The molecule has 1 aromatic heterocycles. The third kappa shape index (κ3) is 1.77. The molecule has 2 nitrogen and oxygen atoms in total. The Bertz CT molecular complexity index is 608. The lowest BCUT2D eigenvalue weighted by atomic mass is 10.0. The van der Waals surface area contributed by atoms with Crippen LogP contribution in [0.15, 0.2) is 60.3 Å². The van der Waals surface area contributed by atoms with Gasteiger partial charge in [-0.2, -0.15) is 0 Å². The summed E-state index contributed by atoms with van der Waals surface area (Å²) in [5, 5.41) is 12.5. The number of benzene rings is 1. The van der Waals surface area contributed by atoms with Gasteiger partial charge in [-0.3, -0.25) is 4.98 Å². The zero-order chi connectivity index (χ0) is 11.7. The molecule has 1 heterocycles. The Morgan fingerprint density at radius 2 is 2.06 bits per heavy atom. The topological polar surface area (TPSA) is 33.1 Å². The average Bonchev–Trinajstić information content (AvgIpc) is 2.91. The van der Waals surface area contributed by atoms with Crippen molar-refractivity contribution in [2.45, 2.75) is 12.5 Å². The number of fused-ring (bicyclic) bond motifs is 1. The zero-order valence-electron chi connectivity index (χ0n) is 9.38. The number of aromatic nitrogens is 1. The van der Waals surface area contributed by atoms with Crippen molar-refractivity contribution in [2.24, 2.45) is 0 Å². The van der Waals surface area contributed by atoms with E-state index in [4.69, 9.17) is 0 Å². The normalized spacial score (nSPS) is 16.2. The maximum absolute atomic E-state index is 10.3. The summed E-state index contributed by atoms with van der Waals surface area (Å²) >= 11 is 0. The molecule has 0 bridgehead atoms. The van der Waals surface area contributed by atoms with Crippen molar-refractivity contribution in [3.8, 4) is 0 Å². The van der Waals surface area contributed by atoms with Crippen LogP contribution in [-0.4, -0.2) is 10.1 Å². The van der Waals surface area contributed by atoms with E-state index >= 15 is 0 Å². The van der Waals surface area contributed by atoms with Gasteiger partial charge in [0.15, 0.2) is 0 Å². The molecular weight excluding hydrogens is 210 g/mol. The maximum Gasteiger partial charge on any atom is 0.121 e. The minimum absolute atomic E-state index is 0.625. The van der Waals surface area contributed by atoms with Gasteiger partial charge in [-0.25, -0.2) is 0 Å². The molecule has 1 unspecified atom stereocenters. The highest BCUT2D eigenvalue weighted by atomic mass is 16.3. The quantitative estimate of drug-likeness (QED) is 0.848. The molecule has 0 radical (unpaired) electrons. The van der Waals surface area contributed by atoms with Gasteiger partial charge in [-0.15, -0.1) is 0 Å². The number of aliphatic hydroxyl groups excluding tert-OH is 1. The fourth-order valence-corrected chi connectivity index (χ4v) is 2.20. The molecule has 1 atom stereocenters. The van der Waals surface area contributed by atoms with Gasteiger partial charge in [0.2, 0.25) is 0 Å². The van der Waals surface area contributed by atoms with Crippen molar-refractivity contribution in [2.75, 3.05) is 0 Å². The van der Waals surface area contributed by atoms with Crippen LogP contribution in [0, 0.1) is 0 Å². The maximum atomic E-state index is 10.3. The van der Waals surface area contributed by atoms with Crippen molar-refractivity contribution in [3.05, 3.63) is 66.0 Å². The molecule has 0 spiro atoms. The first kappa shape index (κ1) is 10.2. The van der Waals surface area contributed by atoms with E-state index in [9.17, 15) is 5.11 Å². The Morgan fingerprint density at radius 3 is 2.88 bits per heavy atom. The summed E-state index contributed by atoms with van der Waals surface area (Å²) in [4.78, 5) is 4.33. The molecule has 0 saturated heterocycles. The molecule has 17 heavy (non-hydrogen) atoms. The van der Waals surface area contributed by atoms with Gasteiger partial charge in [0.05, 0.1) is 5.69 Å². The van der Waals surface area contributed by atoms with Gasteiger partial charge in [0.1, 0.15) is 6.10 Å². The van der Waals surface area contributed by atoms with Crippen molar-refractivity contribution in [3.63, 3.8) is 0 Å².